The molecule has 1 heterocycles. The van der Waals surface area contributed by atoms with Crippen LogP contribution >= 0.6 is 46.4 Å². The van der Waals surface area contributed by atoms with E-state index in [4.69, 9.17) is 61.6 Å². The Labute approximate surface area is 162 Å². The van der Waals surface area contributed by atoms with Crippen LogP contribution in [-0.2, 0) is 20.1 Å². The summed E-state index contributed by atoms with van der Waals surface area (Å²) in [5.41, 5.74) is 6.36. The molecular formula is C16H9Cl4NO4. The molecule has 0 saturated carbocycles. The van der Waals surface area contributed by atoms with E-state index < -0.39 is 17.7 Å². The normalized spacial score (nSPS) is 18.7. The first-order valence-electron chi connectivity index (χ1n) is 6.84. The highest BCUT2D eigenvalue weighted by molar-refractivity contribution is 6.53. The fourth-order valence-corrected chi connectivity index (χ4v) is 3.66. The maximum absolute atomic E-state index is 12.5. The lowest BCUT2D eigenvalue weighted by Gasteiger charge is -2.29. The first kappa shape index (κ1) is 18.1. The first-order chi connectivity index (χ1) is 11.7. The SMILES string of the molecule is CC(=O)OC1(c2ccc(N)cc2)OC(=O)c2c(Cl)c(Cl)c(Cl)c(Cl)c21. The Morgan fingerprint density at radius 2 is 1.60 bits per heavy atom. The van der Waals surface area contributed by atoms with Crippen molar-refractivity contribution in [2.45, 2.75) is 12.7 Å². The number of halogens is 4. The number of carbonyl (C=O) groups is 2. The highest BCUT2D eigenvalue weighted by atomic mass is 35.5. The molecule has 1 aliphatic heterocycles. The van der Waals surface area contributed by atoms with Gasteiger partial charge < -0.3 is 15.2 Å². The Morgan fingerprint density at radius 3 is 2.16 bits per heavy atom. The lowest BCUT2D eigenvalue weighted by molar-refractivity contribution is -0.191. The van der Waals surface area contributed by atoms with E-state index in [9.17, 15) is 9.59 Å². The van der Waals surface area contributed by atoms with Crippen molar-refractivity contribution in [3.63, 3.8) is 0 Å². The van der Waals surface area contributed by atoms with Crippen LogP contribution in [0.5, 0.6) is 0 Å². The van der Waals surface area contributed by atoms with Crippen LogP contribution < -0.4 is 5.73 Å². The van der Waals surface area contributed by atoms with Gasteiger partial charge in [0.1, 0.15) is 0 Å². The van der Waals surface area contributed by atoms with Gasteiger partial charge in [-0.2, -0.15) is 0 Å². The summed E-state index contributed by atoms with van der Waals surface area (Å²) in [6.07, 6.45) is 0. The Hall–Kier alpha value is -1.66. The van der Waals surface area contributed by atoms with Gasteiger partial charge in [-0.05, 0) is 24.3 Å². The summed E-state index contributed by atoms with van der Waals surface area (Å²) < 4.78 is 10.8. The Bertz CT molecular complexity index is 914. The summed E-state index contributed by atoms with van der Waals surface area (Å²) in [5, 5.41) is -0.423. The highest BCUT2D eigenvalue weighted by Gasteiger charge is 2.54. The molecule has 0 aliphatic carbocycles. The summed E-state index contributed by atoms with van der Waals surface area (Å²) in [6.45, 7) is 1.16. The number of nitrogens with two attached hydrogens (primary N) is 1. The molecule has 130 valence electrons. The molecule has 0 aromatic heterocycles. The maximum atomic E-state index is 12.5. The van der Waals surface area contributed by atoms with Gasteiger partial charge in [-0.3, -0.25) is 4.79 Å². The van der Waals surface area contributed by atoms with E-state index in [1.54, 1.807) is 12.1 Å². The van der Waals surface area contributed by atoms with E-state index in [2.05, 4.69) is 0 Å². The van der Waals surface area contributed by atoms with Gasteiger partial charge in [0.2, 0.25) is 0 Å². The number of cyclic esters (lactones) is 1. The monoisotopic (exact) mass is 419 g/mol. The molecule has 1 unspecified atom stereocenters. The summed E-state index contributed by atoms with van der Waals surface area (Å²) >= 11 is 24.6. The lowest BCUT2D eigenvalue weighted by Crippen LogP contribution is -2.33. The van der Waals surface area contributed by atoms with Gasteiger partial charge in [0, 0.05) is 18.2 Å². The molecule has 0 radical (unpaired) electrons. The van der Waals surface area contributed by atoms with Crippen molar-refractivity contribution in [2.24, 2.45) is 0 Å². The molecule has 1 aliphatic rings. The lowest BCUT2D eigenvalue weighted by atomic mass is 9.95. The number of hydrogen-bond donors (Lipinski definition) is 1. The Kier molecular flexibility index (Phi) is 4.54. The third-order valence-electron chi connectivity index (χ3n) is 3.61. The number of fused-ring (bicyclic) bond motifs is 1. The maximum Gasteiger partial charge on any atom is 0.344 e. The molecule has 2 N–H and O–H groups in total. The van der Waals surface area contributed by atoms with E-state index in [1.807, 2.05) is 0 Å². The van der Waals surface area contributed by atoms with Gasteiger partial charge >= 0.3 is 17.7 Å². The third kappa shape index (κ3) is 2.72. The van der Waals surface area contributed by atoms with Crippen molar-refractivity contribution in [1.82, 2.24) is 0 Å². The third-order valence-corrected chi connectivity index (χ3v) is 5.42. The summed E-state index contributed by atoms with van der Waals surface area (Å²) in [5.74, 6) is -3.50. The summed E-state index contributed by atoms with van der Waals surface area (Å²) in [7, 11) is 0. The average molecular weight is 421 g/mol. The average Bonchev–Trinajstić information content (AvgIpc) is 2.84. The minimum absolute atomic E-state index is 0.0125. The fourth-order valence-electron chi connectivity index (χ4n) is 2.60. The van der Waals surface area contributed by atoms with Gasteiger partial charge in [0.25, 0.3) is 0 Å². The van der Waals surface area contributed by atoms with Crippen LogP contribution in [0.2, 0.25) is 20.1 Å². The van der Waals surface area contributed by atoms with Crippen molar-refractivity contribution >= 4 is 64.0 Å². The van der Waals surface area contributed by atoms with Crippen molar-refractivity contribution in [3.8, 4) is 0 Å². The molecule has 0 spiro atoms. The van der Waals surface area contributed by atoms with Crippen LogP contribution in [0.3, 0.4) is 0 Å². The second-order valence-corrected chi connectivity index (χ2v) is 6.74. The van der Waals surface area contributed by atoms with E-state index in [0.717, 1.165) is 6.92 Å². The van der Waals surface area contributed by atoms with Gasteiger partial charge in [0.15, 0.2) is 0 Å². The fraction of sp³-hybridized carbons (Fsp3) is 0.125. The zero-order valence-electron chi connectivity index (χ0n) is 12.5. The summed E-state index contributed by atoms with van der Waals surface area (Å²) in [4.78, 5) is 24.2. The highest BCUT2D eigenvalue weighted by Crippen LogP contribution is 2.53. The minimum atomic E-state index is -1.94. The molecule has 0 saturated heterocycles. The van der Waals surface area contributed by atoms with Crippen LogP contribution in [0.25, 0.3) is 0 Å². The molecule has 0 fully saturated rings. The van der Waals surface area contributed by atoms with Gasteiger partial charge in [-0.1, -0.05) is 46.4 Å². The molecule has 9 heteroatoms. The van der Waals surface area contributed by atoms with Crippen LogP contribution in [0.15, 0.2) is 24.3 Å². The number of carbonyl (C=O) groups excluding carboxylic acids is 2. The molecule has 2 aromatic carbocycles. The molecule has 5 nitrogen and oxygen atoms in total. The molecule has 0 amide bonds. The van der Waals surface area contributed by atoms with Crippen LogP contribution in [0.4, 0.5) is 5.69 Å². The van der Waals surface area contributed by atoms with E-state index in [1.165, 1.54) is 12.1 Å². The quantitative estimate of drug-likeness (QED) is 0.326. The van der Waals surface area contributed by atoms with Crippen molar-refractivity contribution in [1.29, 1.82) is 0 Å². The van der Waals surface area contributed by atoms with Gasteiger partial charge in [0.05, 0.1) is 31.2 Å². The van der Waals surface area contributed by atoms with Crippen molar-refractivity contribution < 1.29 is 19.1 Å². The van der Waals surface area contributed by atoms with Crippen LogP contribution in [-0.4, -0.2) is 11.9 Å². The Morgan fingerprint density at radius 1 is 1.04 bits per heavy atom. The second kappa shape index (κ2) is 6.25. The number of rotatable bonds is 2. The predicted molar refractivity (Wildman–Crippen MR) is 95.3 cm³/mol. The Balaban J connectivity index is 2.40. The van der Waals surface area contributed by atoms with E-state index in [0.29, 0.717) is 11.3 Å². The molecule has 2 aromatic rings. The number of hydrogen-bond acceptors (Lipinski definition) is 5. The van der Waals surface area contributed by atoms with Crippen LogP contribution in [0.1, 0.15) is 28.4 Å². The number of nitrogen functional groups attached to an aromatic ring is 1. The van der Waals surface area contributed by atoms with Gasteiger partial charge in [-0.25, -0.2) is 4.79 Å². The topological polar surface area (TPSA) is 78.6 Å². The second-order valence-electron chi connectivity index (χ2n) is 5.23. The zero-order valence-corrected chi connectivity index (χ0v) is 15.6. The van der Waals surface area contributed by atoms with E-state index in [-0.39, 0.29) is 31.2 Å². The largest absolute Gasteiger partial charge is 0.414 e. The van der Waals surface area contributed by atoms with Gasteiger partial charge in [-0.15, -0.1) is 0 Å². The molecule has 0 bridgehead atoms. The molecule has 3 rings (SSSR count). The minimum Gasteiger partial charge on any atom is -0.414 e. The van der Waals surface area contributed by atoms with Crippen LogP contribution in [0, 0.1) is 0 Å². The number of benzene rings is 2. The van der Waals surface area contributed by atoms with E-state index >= 15 is 0 Å². The number of anilines is 1. The molecule has 1 atom stereocenters. The van der Waals surface area contributed by atoms with Crippen molar-refractivity contribution in [3.05, 3.63) is 61.0 Å². The first-order valence-corrected chi connectivity index (χ1v) is 8.35. The number of esters is 2. The smallest absolute Gasteiger partial charge is 0.344 e. The standard InChI is InChI=1S/C16H9Cl4NO4/c1-6(22)24-16(7-2-4-8(21)5-3-7)10-9(15(23)25-16)11(17)13(19)14(20)12(10)18/h2-5H,21H2,1H3. The number of ether oxygens (including phenoxy) is 2. The molecular weight excluding hydrogens is 412 g/mol. The zero-order chi connectivity index (χ0) is 18.5. The van der Waals surface area contributed by atoms with Crippen molar-refractivity contribution in [2.75, 3.05) is 5.73 Å². The predicted octanol–water partition coefficient (Wildman–Crippen LogP) is 4.82. The molecule has 25 heavy (non-hydrogen) atoms. The summed E-state index contributed by atoms with van der Waals surface area (Å²) in [6, 6.07) is 6.18.